The molecule has 0 rings (SSSR count). The molecule has 0 atom stereocenters. The fourth-order valence-corrected chi connectivity index (χ4v) is 0. The molecule has 0 heterocycles. The maximum atomic E-state index is 4.45. The van der Waals surface area contributed by atoms with E-state index in [4.69, 9.17) is 0 Å². The second-order valence-corrected chi connectivity index (χ2v) is 0. The van der Waals surface area contributed by atoms with Gasteiger partial charge in [0.1, 0.15) is 0 Å². The van der Waals surface area contributed by atoms with Crippen LogP contribution in [0.15, 0.2) is 0 Å². The molecule has 0 saturated carbocycles. The van der Waals surface area contributed by atoms with E-state index in [0.29, 0.717) is 0 Å². The zero-order valence-electron chi connectivity index (χ0n) is 3.06. The van der Waals surface area contributed by atoms with Crippen LogP contribution in [-0.2, 0) is 17.1 Å². The Morgan fingerprint density at radius 2 is 1.50 bits per heavy atom. The van der Waals surface area contributed by atoms with Crippen molar-refractivity contribution in [1.82, 2.24) is 0 Å². The molecule has 0 nitrogen and oxygen atoms in total. The zero-order chi connectivity index (χ0) is 2.00. The summed E-state index contributed by atoms with van der Waals surface area (Å²) < 4.78 is 0. The van der Waals surface area contributed by atoms with Crippen molar-refractivity contribution in [3.8, 4) is 0 Å². The first kappa shape index (κ1) is 15.7. The van der Waals surface area contributed by atoms with E-state index in [1.807, 2.05) is 0 Å². The zero-order valence-corrected chi connectivity index (χ0v) is 11.6. The topological polar surface area (TPSA) is 0 Å². The Bertz CT molecular complexity index is 11.6. The smallest absolute Gasteiger partial charge is 1.00 e. The van der Waals surface area contributed by atoms with Crippen LogP contribution in [0, 0.1) is 0 Å². The van der Waals surface area contributed by atoms with Crippen molar-refractivity contribution in [2.75, 3.05) is 0 Å². The van der Waals surface area contributed by atoms with Gasteiger partial charge < -0.3 is 1.43 Å². The molecule has 0 bridgehead atoms. The summed E-state index contributed by atoms with van der Waals surface area (Å²) in [6.07, 6.45) is 0. The average Bonchev–Trinajstić information content (AvgIpc) is 1.00. The first-order valence-corrected chi connectivity index (χ1v) is 2.23. The third kappa shape index (κ3) is 9.02. The molecule has 4 heteroatoms. The van der Waals surface area contributed by atoms with E-state index in [0.717, 1.165) is 0 Å². The first-order valence-electron chi connectivity index (χ1n) is 0.143. The number of hydrogen-bond acceptors (Lipinski definition) is 0. The molecule has 0 saturated heterocycles. The van der Waals surface area contributed by atoms with Gasteiger partial charge in [-0.25, -0.2) is 0 Å². The van der Waals surface area contributed by atoms with Gasteiger partial charge in [0, 0.05) is 32.1 Å². The summed E-state index contributed by atoms with van der Waals surface area (Å²) >= 11 is 2.41. The molecule has 0 aromatic rings. The van der Waals surface area contributed by atoms with Gasteiger partial charge in [0.25, 0.3) is 0 Å². The van der Waals surface area contributed by atoms with Gasteiger partial charge in [-0.05, 0) is 10.1 Å². The van der Waals surface area contributed by atoms with Crippen molar-refractivity contribution >= 4 is 25.1 Å². The van der Waals surface area contributed by atoms with Crippen LogP contribution in [0.2, 0.25) is 0 Å². The number of rotatable bonds is 0. The van der Waals surface area contributed by atoms with Crippen LogP contribution in [0.25, 0.3) is 0 Å². The van der Waals surface area contributed by atoms with Crippen LogP contribution in [0.5, 0.6) is 0 Å². The summed E-state index contributed by atoms with van der Waals surface area (Å²) in [4.78, 5) is 0. The van der Waals surface area contributed by atoms with Crippen LogP contribution in [0.3, 0.4) is 0 Å². The average molecular weight is 313 g/mol. The van der Waals surface area contributed by atoms with Crippen molar-refractivity contribution in [3.05, 3.63) is 0 Å². The molecule has 27 valence electrons. The maximum absolute atomic E-state index is 4.45. The molecule has 0 aliphatic carbocycles. The van der Waals surface area contributed by atoms with E-state index >= 15 is 0 Å². The summed E-state index contributed by atoms with van der Waals surface area (Å²) in [6, 6.07) is 0. The summed E-state index contributed by atoms with van der Waals surface area (Å²) in [6.45, 7) is 0. The minimum Gasteiger partial charge on any atom is -1.00 e. The van der Waals surface area contributed by atoms with Gasteiger partial charge in [-0.3, -0.25) is 0 Å². The van der Waals surface area contributed by atoms with E-state index in [1.54, 1.807) is 0 Å². The predicted molar refractivity (Wildman–Crippen MR) is 15.9 cm³/mol. The predicted octanol–water partition coefficient (Wildman–Crippen LogP) is -1.35. The van der Waals surface area contributed by atoms with Gasteiger partial charge in [0.15, 0.2) is 0 Å². The third-order valence-corrected chi connectivity index (χ3v) is 0. The van der Waals surface area contributed by atoms with Crippen molar-refractivity contribution in [1.29, 1.82) is 0 Å². The molecule has 0 amide bonds. The van der Waals surface area contributed by atoms with E-state index in [9.17, 15) is 0 Å². The van der Waals surface area contributed by atoms with Gasteiger partial charge in [-0.2, -0.15) is 0 Å². The van der Waals surface area contributed by atoms with E-state index in [2.05, 4.69) is 25.1 Å². The van der Waals surface area contributed by atoms with Gasteiger partial charge >= 0.3 is 68.9 Å². The molecule has 0 aromatic heterocycles. The Morgan fingerprint density at radius 1 is 1.50 bits per heavy atom. The number of hydrogen-bond donors (Lipinski definition) is 0. The molecule has 0 spiro atoms. The van der Waals surface area contributed by atoms with Crippen LogP contribution in [0.1, 0.15) is 1.43 Å². The van der Waals surface area contributed by atoms with E-state index in [1.165, 1.54) is 0 Å². The van der Waals surface area contributed by atoms with Crippen LogP contribution < -0.4 is 68.9 Å². The fraction of sp³-hybridized carbons (Fsp3) is 0. The summed E-state index contributed by atoms with van der Waals surface area (Å²) in [7, 11) is 4.45. The van der Waals surface area contributed by atoms with E-state index < -0.39 is 0 Å². The fourth-order valence-electron chi connectivity index (χ4n) is 0. The molecule has 0 aromatic carbocycles. The first-order chi connectivity index (χ1) is 1.00. The minimum absolute atomic E-state index is 0. The van der Waals surface area contributed by atoms with Crippen LogP contribution >= 0.6 is 25.1 Å². The summed E-state index contributed by atoms with van der Waals surface area (Å²) in [5.41, 5.74) is 0. The molecule has 0 unspecified atom stereocenters. The maximum Gasteiger partial charge on any atom is 1.00 e. The molecule has 0 N–H and O–H groups in total. The van der Waals surface area contributed by atoms with Gasteiger partial charge in [-0.1, -0.05) is 0 Å². The van der Waals surface area contributed by atoms with Crippen molar-refractivity contribution in [2.45, 2.75) is 0 Å². The second-order valence-electron chi connectivity index (χ2n) is 0. The van der Waals surface area contributed by atoms with Gasteiger partial charge in [-0.15, -0.1) is 0 Å². The Hall–Kier alpha value is 3.34. The monoisotopic (exact) mass is 311 g/mol. The van der Waals surface area contributed by atoms with Crippen LogP contribution in [-0.4, -0.2) is 0 Å². The quantitative estimate of drug-likeness (QED) is 0.485. The Morgan fingerprint density at radius 3 is 1.50 bits per heavy atom. The van der Waals surface area contributed by atoms with Gasteiger partial charge in [0.05, 0.1) is 0 Å². The second kappa shape index (κ2) is 16.2. The summed E-state index contributed by atoms with van der Waals surface area (Å²) in [5, 5.41) is 0. The molecular weight excluding hydrogens is 312 g/mol. The molecule has 0 aliphatic heterocycles. The van der Waals surface area contributed by atoms with Crippen molar-refractivity contribution in [2.24, 2.45) is 0 Å². The van der Waals surface area contributed by atoms with Crippen molar-refractivity contribution in [3.63, 3.8) is 0 Å². The standard InChI is InChI=1S/BrCl.Cs.Cu.H/c1-2;;;/q;+1;;-1. The number of halogens is 2. The Labute approximate surface area is 109 Å². The molecule has 0 aliphatic rings. The van der Waals surface area contributed by atoms with Crippen LogP contribution in [0.4, 0.5) is 0 Å². The minimum atomic E-state index is 0. The molecular formula is HBrClCsCu. The van der Waals surface area contributed by atoms with Gasteiger partial charge in [0.2, 0.25) is 0 Å². The van der Waals surface area contributed by atoms with E-state index in [-0.39, 0.29) is 87.4 Å². The Kier molecular flexibility index (Phi) is 63.5. The molecule has 4 heavy (non-hydrogen) atoms. The Balaban J connectivity index is -0.00000000167. The normalized spacial score (nSPS) is 1.50. The molecule has 1 radical (unpaired) electrons. The van der Waals surface area contributed by atoms with Crippen molar-refractivity contribution < 1.29 is 87.4 Å². The summed E-state index contributed by atoms with van der Waals surface area (Å²) in [5.74, 6) is 0. The molecule has 0 fully saturated rings. The SMILES string of the molecule is ClBr.[Cs+].[Cu].[H-]. The largest absolute Gasteiger partial charge is 1.00 e. The third-order valence-electron chi connectivity index (χ3n) is 0.